The van der Waals surface area contributed by atoms with Gasteiger partial charge in [-0.25, -0.2) is 0 Å². The summed E-state index contributed by atoms with van der Waals surface area (Å²) in [6, 6.07) is 0. The van der Waals surface area contributed by atoms with E-state index in [-0.39, 0.29) is 43.8 Å². The van der Waals surface area contributed by atoms with E-state index in [1.165, 1.54) is 0 Å². The molecule has 0 rings (SSSR count). The van der Waals surface area contributed by atoms with Crippen molar-refractivity contribution in [3.8, 4) is 0 Å². The van der Waals surface area contributed by atoms with Crippen molar-refractivity contribution >= 4 is 22.1 Å². The van der Waals surface area contributed by atoms with Crippen LogP contribution in [0, 0.1) is 5.92 Å². The van der Waals surface area contributed by atoms with Crippen molar-refractivity contribution in [1.82, 2.24) is 0 Å². The number of rotatable bonds is 14. The van der Waals surface area contributed by atoms with Gasteiger partial charge in [-0.3, -0.25) is 14.1 Å². The summed E-state index contributed by atoms with van der Waals surface area (Å²) < 4.78 is 30.7. The van der Waals surface area contributed by atoms with Crippen LogP contribution in [0.5, 0.6) is 0 Å². The predicted octanol–water partition coefficient (Wildman–Crippen LogP) is 0.456. The monoisotopic (exact) mass is 390 g/mol. The molecule has 0 aromatic carbocycles. The molecule has 0 fully saturated rings. The van der Waals surface area contributed by atoms with Crippen molar-refractivity contribution in [1.29, 1.82) is 0 Å². The summed E-state index contributed by atoms with van der Waals surface area (Å²) in [5, 5.41) is 19.0. The predicted molar refractivity (Wildman–Crippen MR) is 91.7 cm³/mol. The van der Waals surface area contributed by atoms with Gasteiger partial charge in [-0.2, -0.15) is 8.42 Å². The first-order valence-electron chi connectivity index (χ1n) is 8.58. The molecule has 0 aromatic rings. The van der Waals surface area contributed by atoms with E-state index in [9.17, 15) is 32.8 Å². The third-order valence-corrected chi connectivity index (χ3v) is 6.02. The Balaban J connectivity index is -0.00000264. The Labute approximate surface area is 174 Å². The summed E-state index contributed by atoms with van der Waals surface area (Å²) >= 11 is 0. The molecule has 0 saturated carbocycles. The van der Waals surface area contributed by atoms with Gasteiger partial charge in [0, 0.05) is 0 Å². The molecule has 0 bridgehead atoms. The fourth-order valence-electron chi connectivity index (χ4n) is 3.00. The van der Waals surface area contributed by atoms with Gasteiger partial charge >= 0.3 is 41.5 Å². The number of hydrogen-bond acceptors (Lipinski definition) is 4. The molecule has 0 heterocycles. The summed E-state index contributed by atoms with van der Waals surface area (Å²) in [4.78, 5) is 23.4. The van der Waals surface area contributed by atoms with E-state index in [1.54, 1.807) is 0 Å². The molecule has 0 aliphatic rings. The summed E-state index contributed by atoms with van der Waals surface area (Å²) in [6.45, 7) is 3.92. The number of carboxylic acid groups (broad SMARTS) is 2. The van der Waals surface area contributed by atoms with E-state index in [4.69, 9.17) is 0 Å². The molecule has 0 aliphatic heterocycles. The van der Waals surface area contributed by atoms with E-state index < -0.39 is 39.1 Å². The number of unbranched alkanes of at least 4 members (excludes halogenated alkanes) is 6. The molecule has 0 aromatic heterocycles. The first kappa shape index (κ1) is 27.1. The van der Waals surface area contributed by atoms with Crippen LogP contribution in [-0.2, 0) is 19.7 Å². The van der Waals surface area contributed by atoms with E-state index in [1.807, 2.05) is 13.8 Å². The van der Waals surface area contributed by atoms with Crippen molar-refractivity contribution < 1.29 is 63.8 Å². The van der Waals surface area contributed by atoms with Crippen LogP contribution < -0.4 is 29.6 Å². The van der Waals surface area contributed by atoms with E-state index in [2.05, 4.69) is 0 Å². The molecule has 9 heteroatoms. The molecule has 0 saturated heterocycles. The van der Waals surface area contributed by atoms with Crippen LogP contribution in [0.4, 0.5) is 0 Å². The van der Waals surface area contributed by atoms with Crippen LogP contribution in [0.3, 0.4) is 0 Å². The molecule has 25 heavy (non-hydrogen) atoms. The molecular formula is C16H31NaO7S. The fourth-order valence-corrected chi connectivity index (χ4v) is 4.20. The molecular weight excluding hydrogens is 359 g/mol. The molecule has 0 radical (unpaired) electrons. The minimum Gasteiger partial charge on any atom is -1.00 e. The molecule has 3 N–H and O–H groups in total. The Kier molecular flexibility index (Phi) is 14.2. The fraction of sp³-hybridized carbons (Fsp3) is 0.875. The van der Waals surface area contributed by atoms with Gasteiger partial charge in [0.25, 0.3) is 10.1 Å². The first-order valence-corrected chi connectivity index (χ1v) is 10.0. The van der Waals surface area contributed by atoms with Gasteiger partial charge in [-0.15, -0.1) is 0 Å². The van der Waals surface area contributed by atoms with Crippen molar-refractivity contribution in [3.05, 3.63) is 0 Å². The van der Waals surface area contributed by atoms with Gasteiger partial charge in [0.05, 0.1) is 5.92 Å². The zero-order chi connectivity index (χ0) is 18.8. The molecule has 0 amide bonds. The maximum absolute atomic E-state index is 11.9. The van der Waals surface area contributed by atoms with E-state index in [0.717, 1.165) is 25.7 Å². The average Bonchev–Trinajstić information content (AvgIpc) is 2.46. The number of hydrogen-bond donors (Lipinski definition) is 3. The Morgan fingerprint density at radius 2 is 1.44 bits per heavy atom. The zero-order valence-electron chi connectivity index (χ0n) is 16.5. The Hall–Kier alpha value is -0.150. The third kappa shape index (κ3) is 7.95. The van der Waals surface area contributed by atoms with Crippen LogP contribution in [0.2, 0.25) is 0 Å². The SMILES string of the molecule is CCCCCCC(C(=O)O)C(CCCCCC)(C(=O)O)S(=O)(=O)O.[H-].[Na+]. The number of carbonyl (C=O) groups is 2. The van der Waals surface area contributed by atoms with E-state index >= 15 is 0 Å². The summed E-state index contributed by atoms with van der Waals surface area (Å²) in [5.74, 6) is -4.95. The van der Waals surface area contributed by atoms with Crippen LogP contribution >= 0.6 is 0 Å². The summed E-state index contributed by atoms with van der Waals surface area (Å²) in [5.41, 5.74) is 0. The van der Waals surface area contributed by atoms with Crippen LogP contribution in [0.1, 0.15) is 79.5 Å². The Bertz CT molecular complexity index is 513. The minimum atomic E-state index is -5.08. The maximum Gasteiger partial charge on any atom is 1.00 e. The Morgan fingerprint density at radius 1 is 0.960 bits per heavy atom. The second-order valence-corrected chi connectivity index (χ2v) is 7.90. The smallest absolute Gasteiger partial charge is 1.00 e. The standard InChI is InChI=1S/C16H30O7S.Na.H/c1-3-5-7-9-11-13(14(17)18)16(15(19)20,24(21,22)23)12-10-8-6-4-2;;/h13H,3-12H2,1-2H3,(H,17,18)(H,19,20)(H,21,22,23);;/q;+1;-1. The van der Waals surface area contributed by atoms with Crippen LogP contribution in [0.15, 0.2) is 0 Å². The van der Waals surface area contributed by atoms with Crippen LogP contribution in [0.25, 0.3) is 0 Å². The summed E-state index contributed by atoms with van der Waals surface area (Å²) in [6.07, 6.45) is 4.86. The maximum atomic E-state index is 11.9. The van der Waals surface area contributed by atoms with Gasteiger partial charge in [0.15, 0.2) is 0 Å². The second kappa shape index (κ2) is 13.1. The number of carboxylic acids is 2. The van der Waals surface area contributed by atoms with Crippen molar-refractivity contribution in [2.75, 3.05) is 0 Å². The van der Waals surface area contributed by atoms with Gasteiger partial charge in [0.1, 0.15) is 0 Å². The third-order valence-electron chi connectivity index (χ3n) is 4.43. The normalized spacial score (nSPS) is 15.0. The Morgan fingerprint density at radius 3 is 1.80 bits per heavy atom. The first-order chi connectivity index (χ1) is 11.1. The van der Waals surface area contributed by atoms with Gasteiger partial charge in [0.2, 0.25) is 4.75 Å². The van der Waals surface area contributed by atoms with Gasteiger partial charge in [-0.1, -0.05) is 65.2 Å². The molecule has 144 valence electrons. The van der Waals surface area contributed by atoms with Gasteiger partial charge < -0.3 is 11.6 Å². The van der Waals surface area contributed by atoms with Crippen molar-refractivity contribution in [2.45, 2.75) is 82.8 Å². The molecule has 2 atom stereocenters. The quantitative estimate of drug-likeness (QED) is 0.223. The molecule has 0 spiro atoms. The number of aliphatic carboxylic acids is 2. The second-order valence-electron chi connectivity index (χ2n) is 6.22. The summed E-state index contributed by atoms with van der Waals surface area (Å²) in [7, 11) is -5.08. The molecule has 0 aliphatic carbocycles. The molecule has 7 nitrogen and oxygen atoms in total. The molecule has 2 unspecified atom stereocenters. The van der Waals surface area contributed by atoms with Crippen molar-refractivity contribution in [2.24, 2.45) is 5.92 Å². The largest absolute Gasteiger partial charge is 1.00 e. The van der Waals surface area contributed by atoms with Crippen LogP contribution in [-0.4, -0.2) is 39.9 Å². The van der Waals surface area contributed by atoms with Crippen molar-refractivity contribution in [3.63, 3.8) is 0 Å². The topological polar surface area (TPSA) is 129 Å². The minimum absolute atomic E-state index is 0. The zero-order valence-corrected chi connectivity index (χ0v) is 18.3. The van der Waals surface area contributed by atoms with E-state index in [0.29, 0.717) is 19.3 Å². The average molecular weight is 390 g/mol. The van der Waals surface area contributed by atoms with Gasteiger partial charge in [-0.05, 0) is 12.8 Å².